The zero-order valence-corrected chi connectivity index (χ0v) is 25.7. The van der Waals surface area contributed by atoms with Gasteiger partial charge in [0.1, 0.15) is 0 Å². The molecule has 0 atom stereocenters. The number of esters is 2. The van der Waals surface area contributed by atoms with Gasteiger partial charge in [0.2, 0.25) is 0 Å². The summed E-state index contributed by atoms with van der Waals surface area (Å²) in [6.45, 7) is 13.7. The van der Waals surface area contributed by atoms with E-state index in [0.29, 0.717) is 35.7 Å². The van der Waals surface area contributed by atoms with Gasteiger partial charge in [-0.2, -0.15) is 0 Å². The number of anilines is 2. The van der Waals surface area contributed by atoms with Gasteiger partial charge in [-0.15, -0.1) is 0 Å². The fraction of sp³-hybridized carbons (Fsp3) is 0.588. The van der Waals surface area contributed by atoms with Crippen molar-refractivity contribution in [2.24, 2.45) is 0 Å². The molecule has 2 rings (SSSR count). The summed E-state index contributed by atoms with van der Waals surface area (Å²) < 4.78 is 10.9. The summed E-state index contributed by atoms with van der Waals surface area (Å²) in [5.41, 5.74) is 16.8. The third kappa shape index (κ3) is 9.87. The normalized spacial score (nSPS) is 11.8. The zero-order chi connectivity index (χ0) is 29.8. The zero-order valence-electron chi connectivity index (χ0n) is 25.7. The fourth-order valence-electron chi connectivity index (χ4n) is 4.75. The minimum absolute atomic E-state index is 0.0200. The van der Waals surface area contributed by atoms with Gasteiger partial charge in [-0.3, -0.25) is 0 Å². The standard InChI is InChI=1S/C34H52N2O4/c1-7-33(3,4)27-19-17-25(23-29(27)35)31(37)39-21-15-13-11-9-10-12-14-16-22-40-32(38)26-18-20-28(30(36)24-26)34(5,6)8-2/h17-20,23-24H,7-16,21-22,35-36H2,1-6H3. The SMILES string of the molecule is CCC(C)(C)c1ccc(C(=O)OCCCCCCCCCCOC(=O)c2ccc(C(C)(C)CC)c(N)c2)cc1N. The van der Waals surface area contributed by atoms with Crippen LogP contribution in [0.15, 0.2) is 36.4 Å². The minimum atomic E-state index is -0.311. The highest BCUT2D eigenvalue weighted by Gasteiger charge is 2.23. The highest BCUT2D eigenvalue weighted by atomic mass is 16.5. The molecule has 0 saturated heterocycles. The molecule has 2 aromatic carbocycles. The first-order valence-corrected chi connectivity index (χ1v) is 15.1. The summed E-state index contributed by atoms with van der Waals surface area (Å²) in [7, 11) is 0. The predicted molar refractivity (Wildman–Crippen MR) is 166 cm³/mol. The molecule has 0 aliphatic heterocycles. The lowest BCUT2D eigenvalue weighted by molar-refractivity contribution is 0.0487. The molecule has 40 heavy (non-hydrogen) atoms. The van der Waals surface area contributed by atoms with Crippen LogP contribution in [0.3, 0.4) is 0 Å². The van der Waals surface area contributed by atoms with Gasteiger partial charge in [0.05, 0.1) is 24.3 Å². The number of nitrogens with two attached hydrogens (primary N) is 2. The highest BCUT2D eigenvalue weighted by molar-refractivity contribution is 5.91. The number of benzene rings is 2. The van der Waals surface area contributed by atoms with Crippen LogP contribution in [0.1, 0.15) is 138 Å². The monoisotopic (exact) mass is 552 g/mol. The van der Waals surface area contributed by atoms with E-state index >= 15 is 0 Å². The smallest absolute Gasteiger partial charge is 0.338 e. The van der Waals surface area contributed by atoms with Gasteiger partial charge in [0.25, 0.3) is 0 Å². The molecule has 0 radical (unpaired) electrons. The van der Waals surface area contributed by atoms with E-state index in [0.717, 1.165) is 75.3 Å². The van der Waals surface area contributed by atoms with Gasteiger partial charge in [-0.05, 0) is 71.9 Å². The molecule has 0 fully saturated rings. The summed E-state index contributed by atoms with van der Waals surface area (Å²) in [6, 6.07) is 11.0. The maximum Gasteiger partial charge on any atom is 0.338 e. The number of unbranched alkanes of at least 4 members (excludes halogenated alkanes) is 7. The number of ether oxygens (including phenoxy) is 2. The quantitative estimate of drug-likeness (QED) is 0.116. The van der Waals surface area contributed by atoms with Gasteiger partial charge in [-0.1, -0.05) is 92.2 Å². The van der Waals surface area contributed by atoms with Crippen LogP contribution in [0.4, 0.5) is 11.4 Å². The summed E-state index contributed by atoms with van der Waals surface area (Å²) >= 11 is 0. The maximum atomic E-state index is 12.4. The van der Waals surface area contributed by atoms with E-state index in [1.807, 2.05) is 24.3 Å². The van der Waals surface area contributed by atoms with E-state index in [2.05, 4.69) is 41.5 Å². The molecule has 0 saturated carbocycles. The van der Waals surface area contributed by atoms with Crippen molar-refractivity contribution in [2.75, 3.05) is 24.7 Å². The van der Waals surface area contributed by atoms with Crippen molar-refractivity contribution in [1.82, 2.24) is 0 Å². The lowest BCUT2D eigenvalue weighted by Gasteiger charge is -2.25. The van der Waals surface area contributed by atoms with Crippen molar-refractivity contribution in [3.05, 3.63) is 58.7 Å². The molecule has 222 valence electrons. The average Bonchev–Trinajstić information content (AvgIpc) is 2.92. The van der Waals surface area contributed by atoms with Crippen LogP contribution in [0, 0.1) is 0 Å². The minimum Gasteiger partial charge on any atom is -0.462 e. The van der Waals surface area contributed by atoms with Crippen LogP contribution in [-0.2, 0) is 20.3 Å². The van der Waals surface area contributed by atoms with Crippen molar-refractivity contribution in [1.29, 1.82) is 0 Å². The van der Waals surface area contributed by atoms with E-state index in [1.165, 1.54) is 0 Å². The van der Waals surface area contributed by atoms with Crippen molar-refractivity contribution in [3.63, 3.8) is 0 Å². The average molecular weight is 553 g/mol. The van der Waals surface area contributed by atoms with Crippen LogP contribution in [0.25, 0.3) is 0 Å². The molecule has 0 heterocycles. The summed E-state index contributed by atoms with van der Waals surface area (Å²) in [6.07, 6.45) is 10.3. The first-order valence-electron chi connectivity index (χ1n) is 15.1. The number of hydrogen-bond donors (Lipinski definition) is 2. The van der Waals surface area contributed by atoms with Crippen LogP contribution < -0.4 is 11.5 Å². The van der Waals surface area contributed by atoms with E-state index < -0.39 is 0 Å². The van der Waals surface area contributed by atoms with E-state index in [1.54, 1.807) is 12.1 Å². The fourth-order valence-corrected chi connectivity index (χ4v) is 4.75. The van der Waals surface area contributed by atoms with Gasteiger partial charge in [-0.25, -0.2) is 9.59 Å². The summed E-state index contributed by atoms with van der Waals surface area (Å²) in [4.78, 5) is 24.7. The maximum absolute atomic E-state index is 12.4. The van der Waals surface area contributed by atoms with Crippen molar-refractivity contribution in [2.45, 2.75) is 117 Å². The number of nitrogen functional groups attached to an aromatic ring is 2. The third-order valence-corrected chi connectivity index (χ3v) is 8.31. The Hall–Kier alpha value is -3.02. The Kier molecular flexibility index (Phi) is 13.0. The molecule has 0 unspecified atom stereocenters. The molecule has 0 bridgehead atoms. The van der Waals surface area contributed by atoms with Gasteiger partial charge in [0, 0.05) is 11.4 Å². The van der Waals surface area contributed by atoms with Crippen molar-refractivity contribution >= 4 is 23.3 Å². The van der Waals surface area contributed by atoms with Crippen LogP contribution in [0.2, 0.25) is 0 Å². The van der Waals surface area contributed by atoms with Crippen LogP contribution >= 0.6 is 0 Å². The summed E-state index contributed by atoms with van der Waals surface area (Å²) in [5, 5.41) is 0. The molecule has 0 aliphatic carbocycles. The Balaban J connectivity index is 1.53. The second kappa shape index (κ2) is 15.7. The van der Waals surface area contributed by atoms with Crippen molar-refractivity contribution in [3.8, 4) is 0 Å². The topological polar surface area (TPSA) is 105 Å². The molecule has 6 heteroatoms. The first kappa shape index (κ1) is 33.2. The van der Waals surface area contributed by atoms with E-state index in [9.17, 15) is 9.59 Å². The number of hydrogen-bond acceptors (Lipinski definition) is 6. The number of carbonyl (C=O) groups excluding carboxylic acids is 2. The lowest BCUT2D eigenvalue weighted by atomic mass is 9.81. The van der Waals surface area contributed by atoms with Crippen molar-refractivity contribution < 1.29 is 19.1 Å². The Bertz CT molecular complexity index is 1020. The molecule has 0 amide bonds. The van der Waals surface area contributed by atoms with Crippen LogP contribution in [0.5, 0.6) is 0 Å². The van der Waals surface area contributed by atoms with E-state index in [4.69, 9.17) is 20.9 Å². The summed E-state index contributed by atoms with van der Waals surface area (Å²) in [5.74, 6) is -0.622. The molecule has 0 aliphatic rings. The first-order chi connectivity index (χ1) is 18.9. The molecule has 0 aromatic heterocycles. The Morgan fingerprint density at radius 3 is 1.23 bits per heavy atom. The van der Waals surface area contributed by atoms with Gasteiger partial charge < -0.3 is 20.9 Å². The second-order valence-corrected chi connectivity index (χ2v) is 12.2. The third-order valence-electron chi connectivity index (χ3n) is 8.31. The Labute approximate surface area is 242 Å². The molecule has 4 N–H and O–H groups in total. The molecule has 0 spiro atoms. The number of rotatable bonds is 17. The predicted octanol–water partition coefficient (Wildman–Crippen LogP) is 8.36. The lowest BCUT2D eigenvalue weighted by Crippen LogP contribution is -2.18. The Morgan fingerprint density at radius 2 is 0.925 bits per heavy atom. The highest BCUT2D eigenvalue weighted by Crippen LogP contribution is 2.33. The molecular formula is C34H52N2O4. The van der Waals surface area contributed by atoms with Gasteiger partial charge in [0.15, 0.2) is 0 Å². The molecule has 2 aromatic rings. The Morgan fingerprint density at radius 1 is 0.600 bits per heavy atom. The van der Waals surface area contributed by atoms with Crippen LogP contribution in [-0.4, -0.2) is 25.2 Å². The van der Waals surface area contributed by atoms with E-state index in [-0.39, 0.29) is 22.8 Å². The van der Waals surface area contributed by atoms with Gasteiger partial charge >= 0.3 is 11.9 Å². The molecule has 6 nitrogen and oxygen atoms in total. The largest absolute Gasteiger partial charge is 0.462 e. The number of carbonyl (C=O) groups is 2. The second-order valence-electron chi connectivity index (χ2n) is 12.2. The molecular weight excluding hydrogens is 500 g/mol.